The van der Waals surface area contributed by atoms with E-state index in [0.717, 1.165) is 25.1 Å². The number of β-amino-alcohol motifs (C(OH)–C–C–N with tert-alkyl or cyclic N) is 1. The van der Waals surface area contributed by atoms with Crippen molar-refractivity contribution in [1.82, 2.24) is 4.90 Å². The number of rotatable bonds is 11. The van der Waals surface area contributed by atoms with Gasteiger partial charge < -0.3 is 19.5 Å². The molecule has 1 aliphatic rings. The maximum Gasteiger partial charge on any atom is 0.162 e. The summed E-state index contributed by atoms with van der Waals surface area (Å²) in [6, 6.07) is 5.47. The normalized spacial score (nSPS) is 16.4. The van der Waals surface area contributed by atoms with Crippen molar-refractivity contribution in [2.75, 3.05) is 32.8 Å². The Bertz CT molecular complexity index is 555. The van der Waals surface area contributed by atoms with Crippen molar-refractivity contribution in [3.05, 3.63) is 29.3 Å². The number of ketones is 1. The quantitative estimate of drug-likeness (QED) is 0.482. The molecule has 0 radical (unpaired) electrons. The Morgan fingerprint density at radius 3 is 2.69 bits per heavy atom. The molecule has 0 spiro atoms. The predicted octanol–water partition coefficient (Wildman–Crippen LogP) is 3.43. The van der Waals surface area contributed by atoms with E-state index in [1.54, 1.807) is 6.07 Å². The molecule has 0 aromatic heterocycles. The lowest BCUT2D eigenvalue weighted by Crippen LogP contribution is -2.38. The van der Waals surface area contributed by atoms with Gasteiger partial charge in [-0.25, -0.2) is 0 Å². The second-order valence-corrected chi connectivity index (χ2v) is 6.98. The van der Waals surface area contributed by atoms with Gasteiger partial charge in [0.15, 0.2) is 5.78 Å². The smallest absolute Gasteiger partial charge is 0.162 e. The van der Waals surface area contributed by atoms with Crippen LogP contribution in [-0.2, 0) is 11.3 Å². The summed E-state index contributed by atoms with van der Waals surface area (Å²) >= 11 is 0. The first kappa shape index (κ1) is 20.9. The summed E-state index contributed by atoms with van der Waals surface area (Å²) in [4.78, 5) is 14.3. The van der Waals surface area contributed by atoms with Gasteiger partial charge in [-0.05, 0) is 50.6 Å². The van der Waals surface area contributed by atoms with E-state index in [9.17, 15) is 9.90 Å². The molecule has 5 nitrogen and oxygen atoms in total. The minimum atomic E-state index is -0.519. The van der Waals surface area contributed by atoms with Crippen molar-refractivity contribution in [2.45, 2.75) is 58.7 Å². The first-order valence-electron chi connectivity index (χ1n) is 9.91. The van der Waals surface area contributed by atoms with Crippen LogP contribution < -0.4 is 4.74 Å². The third-order valence-corrected chi connectivity index (χ3v) is 4.66. The molecule has 2 rings (SSSR count). The third-order valence-electron chi connectivity index (χ3n) is 4.66. The Morgan fingerprint density at radius 2 is 2.00 bits per heavy atom. The Balaban J connectivity index is 1.95. The fourth-order valence-corrected chi connectivity index (χ4v) is 3.22. The molecule has 0 aliphatic carbocycles. The summed E-state index contributed by atoms with van der Waals surface area (Å²) < 4.78 is 11.5. The predicted molar refractivity (Wildman–Crippen MR) is 103 cm³/mol. The Morgan fingerprint density at radius 1 is 1.23 bits per heavy atom. The van der Waals surface area contributed by atoms with E-state index in [1.807, 2.05) is 19.1 Å². The van der Waals surface area contributed by atoms with Gasteiger partial charge in [-0.3, -0.25) is 4.79 Å². The van der Waals surface area contributed by atoms with Gasteiger partial charge in [0, 0.05) is 30.7 Å². The topological polar surface area (TPSA) is 59.0 Å². The summed E-state index contributed by atoms with van der Waals surface area (Å²) in [5.41, 5.74) is 1.55. The molecule has 1 aromatic rings. The Labute approximate surface area is 157 Å². The molecule has 1 saturated heterocycles. The zero-order chi connectivity index (χ0) is 18.8. The molecule has 26 heavy (non-hydrogen) atoms. The number of aliphatic hydroxyl groups is 1. The van der Waals surface area contributed by atoms with Crippen molar-refractivity contribution in [3.63, 3.8) is 0 Å². The number of carbonyl (C=O) groups is 1. The van der Waals surface area contributed by atoms with Crippen LogP contribution in [0.1, 0.15) is 61.9 Å². The summed E-state index contributed by atoms with van der Waals surface area (Å²) in [7, 11) is 0. The minimum Gasteiger partial charge on any atom is -0.490 e. The molecule has 1 fully saturated rings. The number of hydrogen-bond acceptors (Lipinski definition) is 5. The van der Waals surface area contributed by atoms with E-state index in [1.165, 1.54) is 19.3 Å². The number of piperidine rings is 1. The van der Waals surface area contributed by atoms with Crippen LogP contribution >= 0.6 is 0 Å². The van der Waals surface area contributed by atoms with Crippen molar-refractivity contribution < 1.29 is 19.4 Å². The van der Waals surface area contributed by atoms with E-state index in [2.05, 4.69) is 11.8 Å². The maximum atomic E-state index is 12.0. The molecular weight excluding hydrogens is 330 g/mol. The molecule has 1 heterocycles. The van der Waals surface area contributed by atoms with E-state index in [4.69, 9.17) is 9.47 Å². The molecule has 146 valence electrons. The van der Waals surface area contributed by atoms with Crippen LogP contribution in [0.25, 0.3) is 0 Å². The van der Waals surface area contributed by atoms with Crippen LogP contribution in [0.3, 0.4) is 0 Å². The van der Waals surface area contributed by atoms with E-state index in [0.29, 0.717) is 37.5 Å². The average molecular weight is 363 g/mol. The minimum absolute atomic E-state index is 0.110. The number of benzene rings is 1. The van der Waals surface area contributed by atoms with Crippen LogP contribution in [-0.4, -0.2) is 54.7 Å². The molecule has 1 aromatic carbocycles. The van der Waals surface area contributed by atoms with Crippen LogP contribution in [0.4, 0.5) is 0 Å². The number of nitrogens with zero attached hydrogens (tertiary/aromatic N) is 1. The van der Waals surface area contributed by atoms with Gasteiger partial charge in [0.25, 0.3) is 0 Å². The van der Waals surface area contributed by atoms with Gasteiger partial charge in [0.2, 0.25) is 0 Å². The first-order valence-corrected chi connectivity index (χ1v) is 9.91. The maximum absolute atomic E-state index is 12.0. The van der Waals surface area contributed by atoms with Gasteiger partial charge in [0.05, 0.1) is 6.61 Å². The van der Waals surface area contributed by atoms with Crippen molar-refractivity contribution >= 4 is 5.78 Å². The highest BCUT2D eigenvalue weighted by atomic mass is 16.5. The number of aliphatic hydroxyl groups excluding tert-OH is 1. The largest absolute Gasteiger partial charge is 0.490 e. The molecule has 0 saturated carbocycles. The Kier molecular flexibility index (Phi) is 9.09. The highest BCUT2D eigenvalue weighted by molar-refractivity contribution is 5.96. The lowest BCUT2D eigenvalue weighted by atomic mass is 10.1. The monoisotopic (exact) mass is 363 g/mol. The average Bonchev–Trinajstić information content (AvgIpc) is 2.67. The van der Waals surface area contributed by atoms with Crippen LogP contribution in [0.5, 0.6) is 5.75 Å². The third kappa shape index (κ3) is 6.71. The zero-order valence-corrected chi connectivity index (χ0v) is 16.2. The van der Waals surface area contributed by atoms with Crippen LogP contribution in [0.2, 0.25) is 0 Å². The van der Waals surface area contributed by atoms with E-state index < -0.39 is 6.10 Å². The second-order valence-electron chi connectivity index (χ2n) is 6.98. The fraction of sp³-hybridized carbons (Fsp3) is 0.667. The molecule has 0 bridgehead atoms. The van der Waals surface area contributed by atoms with Crippen LogP contribution in [0, 0.1) is 0 Å². The van der Waals surface area contributed by atoms with E-state index in [-0.39, 0.29) is 12.4 Å². The van der Waals surface area contributed by atoms with Crippen LogP contribution in [0.15, 0.2) is 18.2 Å². The molecular formula is C21H33NO4. The lowest BCUT2D eigenvalue weighted by Gasteiger charge is -2.28. The van der Waals surface area contributed by atoms with Crippen molar-refractivity contribution in [2.24, 2.45) is 0 Å². The number of ether oxygens (including phenoxy) is 2. The van der Waals surface area contributed by atoms with Gasteiger partial charge in [-0.15, -0.1) is 0 Å². The molecule has 5 heteroatoms. The summed E-state index contributed by atoms with van der Waals surface area (Å²) in [5.74, 6) is 0.796. The molecule has 1 unspecified atom stereocenters. The van der Waals surface area contributed by atoms with Gasteiger partial charge in [0.1, 0.15) is 18.5 Å². The number of carbonyl (C=O) groups excluding carboxylic acids is 1. The SMILES string of the molecule is CCCOCc1cc(C(=O)CC)ccc1OCC(O)CN1CCCCC1. The highest BCUT2D eigenvalue weighted by Gasteiger charge is 2.16. The standard InChI is InChI=1S/C21H33NO4/c1-3-12-25-15-18-13-17(20(24)4-2)8-9-21(18)26-16-19(23)14-22-10-6-5-7-11-22/h8-9,13,19,23H,3-7,10-12,14-16H2,1-2H3. The van der Waals surface area contributed by atoms with Gasteiger partial charge >= 0.3 is 0 Å². The van der Waals surface area contributed by atoms with Gasteiger partial charge in [-0.2, -0.15) is 0 Å². The Hall–Kier alpha value is -1.43. The second kappa shape index (κ2) is 11.3. The van der Waals surface area contributed by atoms with E-state index >= 15 is 0 Å². The molecule has 0 amide bonds. The lowest BCUT2D eigenvalue weighted by molar-refractivity contribution is 0.0598. The summed E-state index contributed by atoms with van der Waals surface area (Å²) in [5, 5.41) is 10.3. The van der Waals surface area contributed by atoms with Crippen molar-refractivity contribution in [3.8, 4) is 5.75 Å². The van der Waals surface area contributed by atoms with Crippen molar-refractivity contribution in [1.29, 1.82) is 0 Å². The number of hydrogen-bond donors (Lipinski definition) is 1. The molecule has 1 N–H and O–H groups in total. The molecule has 1 aliphatic heterocycles. The van der Waals surface area contributed by atoms with Gasteiger partial charge in [-0.1, -0.05) is 20.3 Å². The zero-order valence-electron chi connectivity index (χ0n) is 16.2. The summed E-state index contributed by atoms with van der Waals surface area (Å²) in [6.07, 6.45) is 4.60. The highest BCUT2D eigenvalue weighted by Crippen LogP contribution is 2.23. The fourth-order valence-electron chi connectivity index (χ4n) is 3.22. The first-order chi connectivity index (χ1) is 12.6. The molecule has 1 atom stereocenters. The summed E-state index contributed by atoms with van der Waals surface area (Å²) in [6.45, 7) is 8.01. The number of likely N-dealkylation sites (tertiary alicyclic amines) is 1. The number of Topliss-reactive ketones (excluding diaryl/α,β-unsaturated/α-hetero) is 1.